The van der Waals surface area contributed by atoms with Crippen LogP contribution in [0.4, 0.5) is 0 Å². The Kier molecular flexibility index (Phi) is 8.83. The number of carbonyl (C=O) groups is 1. The molecule has 0 spiro atoms. The van der Waals surface area contributed by atoms with Crippen molar-refractivity contribution in [3.05, 3.63) is 34.9 Å². The van der Waals surface area contributed by atoms with Gasteiger partial charge in [0.25, 0.3) is 0 Å². The van der Waals surface area contributed by atoms with E-state index in [1.165, 1.54) is 7.11 Å². The van der Waals surface area contributed by atoms with Gasteiger partial charge in [-0.15, -0.1) is 24.0 Å². The average molecular weight is 466 g/mol. The largest absolute Gasteiger partial charge is 0.469 e. The van der Waals surface area contributed by atoms with E-state index in [1.54, 1.807) is 7.05 Å². The highest BCUT2D eigenvalue weighted by atomic mass is 127. The van der Waals surface area contributed by atoms with Crippen LogP contribution in [-0.4, -0.2) is 50.6 Å². The topological polar surface area (TPSA) is 53.9 Å². The van der Waals surface area contributed by atoms with Gasteiger partial charge in [-0.05, 0) is 24.0 Å². The quantitative estimate of drug-likeness (QED) is 0.322. The number of ether oxygens (including phenoxy) is 1. The zero-order valence-corrected chi connectivity index (χ0v) is 17.4. The maximum atomic E-state index is 11.8. The summed E-state index contributed by atoms with van der Waals surface area (Å²) >= 11 is 6.17. The van der Waals surface area contributed by atoms with Gasteiger partial charge in [-0.25, -0.2) is 0 Å². The van der Waals surface area contributed by atoms with Crippen molar-refractivity contribution in [1.82, 2.24) is 10.2 Å². The van der Waals surface area contributed by atoms with Crippen molar-refractivity contribution < 1.29 is 9.53 Å². The number of methoxy groups -OCH3 is 1. The summed E-state index contributed by atoms with van der Waals surface area (Å²) in [6.07, 6.45) is 0.822. The monoisotopic (exact) mass is 465 g/mol. The number of nitrogens with zero attached hydrogens (tertiary/aromatic N) is 2. The molecule has 1 aromatic rings. The van der Waals surface area contributed by atoms with Crippen molar-refractivity contribution in [1.29, 1.82) is 0 Å². The minimum atomic E-state index is -0.147. The number of guanidine groups is 1. The van der Waals surface area contributed by atoms with E-state index in [2.05, 4.69) is 22.1 Å². The molecule has 7 heteroatoms. The summed E-state index contributed by atoms with van der Waals surface area (Å²) < 4.78 is 4.88. The summed E-state index contributed by atoms with van der Waals surface area (Å²) in [6, 6.07) is 7.84. The molecule has 1 fully saturated rings. The molecule has 2 atom stereocenters. The number of hydrogen-bond donors (Lipinski definition) is 1. The van der Waals surface area contributed by atoms with E-state index in [0.29, 0.717) is 6.54 Å². The average Bonchev–Trinajstić information content (AvgIpc) is 2.94. The van der Waals surface area contributed by atoms with E-state index in [0.717, 1.165) is 36.1 Å². The van der Waals surface area contributed by atoms with Gasteiger partial charge in [0, 0.05) is 31.7 Å². The molecule has 1 aromatic carbocycles. The molecule has 5 nitrogen and oxygen atoms in total. The first-order valence-corrected chi connectivity index (χ1v) is 8.21. The van der Waals surface area contributed by atoms with E-state index in [9.17, 15) is 4.79 Å². The van der Waals surface area contributed by atoms with Gasteiger partial charge in [0.1, 0.15) is 0 Å². The van der Waals surface area contributed by atoms with E-state index >= 15 is 0 Å². The number of esters is 1. The number of rotatable bonds is 4. The second-order valence-corrected chi connectivity index (χ2v) is 6.23. The molecule has 0 aromatic heterocycles. The summed E-state index contributed by atoms with van der Waals surface area (Å²) in [5.41, 5.74) is 1.11. The Morgan fingerprint density at radius 3 is 2.75 bits per heavy atom. The molecule has 1 N–H and O–H groups in total. The van der Waals surface area contributed by atoms with Crippen LogP contribution in [0.5, 0.6) is 0 Å². The highest BCUT2D eigenvalue weighted by Crippen LogP contribution is 2.24. The van der Waals surface area contributed by atoms with Crippen molar-refractivity contribution in [3.63, 3.8) is 0 Å². The molecule has 2 unspecified atom stereocenters. The lowest BCUT2D eigenvalue weighted by atomic mass is 9.99. The van der Waals surface area contributed by atoms with Gasteiger partial charge in [0.15, 0.2) is 5.96 Å². The predicted octanol–water partition coefficient (Wildman–Crippen LogP) is 2.82. The Labute approximate surface area is 165 Å². The molecule has 1 saturated heterocycles. The van der Waals surface area contributed by atoms with Gasteiger partial charge in [0.2, 0.25) is 0 Å². The third-order valence-electron chi connectivity index (χ3n) is 4.26. The second-order valence-electron chi connectivity index (χ2n) is 5.83. The number of carbonyl (C=O) groups excluding carboxylic acids is 1. The first-order valence-electron chi connectivity index (χ1n) is 7.83. The van der Waals surface area contributed by atoms with Crippen molar-refractivity contribution >= 4 is 47.5 Å². The van der Waals surface area contributed by atoms with Crippen molar-refractivity contribution in [2.75, 3.05) is 33.8 Å². The summed E-state index contributed by atoms with van der Waals surface area (Å²) in [6.45, 7) is 4.24. The Balaban J connectivity index is 0.00000288. The van der Waals surface area contributed by atoms with Crippen molar-refractivity contribution in [2.24, 2.45) is 16.8 Å². The molecule has 1 heterocycles. The summed E-state index contributed by atoms with van der Waals surface area (Å²) in [5.74, 6) is 0.827. The number of halogens is 2. The molecule has 2 rings (SSSR count). The lowest BCUT2D eigenvalue weighted by molar-refractivity contribution is -0.145. The minimum absolute atomic E-state index is 0. The van der Waals surface area contributed by atoms with Gasteiger partial charge >= 0.3 is 5.97 Å². The third-order valence-corrected chi connectivity index (χ3v) is 4.63. The first kappa shape index (κ1) is 21.0. The number of benzene rings is 1. The molecule has 0 radical (unpaired) electrons. The second kappa shape index (κ2) is 10.1. The summed E-state index contributed by atoms with van der Waals surface area (Å²) in [7, 11) is 3.20. The van der Waals surface area contributed by atoms with Crippen LogP contribution in [0.15, 0.2) is 29.3 Å². The first-order chi connectivity index (χ1) is 11.1. The van der Waals surface area contributed by atoms with Gasteiger partial charge < -0.3 is 15.0 Å². The van der Waals surface area contributed by atoms with E-state index in [4.69, 9.17) is 16.3 Å². The van der Waals surface area contributed by atoms with Crippen LogP contribution < -0.4 is 5.32 Å². The van der Waals surface area contributed by atoms with Crippen LogP contribution in [0.1, 0.15) is 12.5 Å². The predicted molar refractivity (Wildman–Crippen MR) is 108 cm³/mol. The van der Waals surface area contributed by atoms with Crippen molar-refractivity contribution in [3.8, 4) is 0 Å². The van der Waals surface area contributed by atoms with Gasteiger partial charge in [-0.3, -0.25) is 9.79 Å². The molecular weight excluding hydrogens is 441 g/mol. The molecule has 134 valence electrons. The molecule has 24 heavy (non-hydrogen) atoms. The fraction of sp³-hybridized carbons (Fsp3) is 0.529. The Hall–Kier alpha value is -1.02. The fourth-order valence-electron chi connectivity index (χ4n) is 2.94. The van der Waals surface area contributed by atoms with E-state index < -0.39 is 0 Å². The molecule has 0 bridgehead atoms. The van der Waals surface area contributed by atoms with Crippen LogP contribution in [0.3, 0.4) is 0 Å². The fourth-order valence-corrected chi connectivity index (χ4v) is 3.17. The number of hydrogen-bond acceptors (Lipinski definition) is 3. The Morgan fingerprint density at radius 1 is 1.42 bits per heavy atom. The van der Waals surface area contributed by atoms with E-state index in [1.807, 2.05) is 24.3 Å². The maximum Gasteiger partial charge on any atom is 0.310 e. The zero-order chi connectivity index (χ0) is 16.8. The van der Waals surface area contributed by atoms with Crippen LogP contribution in [0.2, 0.25) is 5.02 Å². The summed E-state index contributed by atoms with van der Waals surface area (Å²) in [4.78, 5) is 18.2. The smallest absolute Gasteiger partial charge is 0.310 e. The maximum absolute atomic E-state index is 11.8. The molecule has 0 saturated carbocycles. The van der Waals surface area contributed by atoms with Crippen LogP contribution in [-0.2, 0) is 16.0 Å². The van der Waals surface area contributed by atoms with Gasteiger partial charge in [-0.1, -0.05) is 36.7 Å². The molecule has 0 aliphatic carbocycles. The number of likely N-dealkylation sites (tertiary alicyclic amines) is 1. The van der Waals surface area contributed by atoms with Crippen LogP contribution >= 0.6 is 35.6 Å². The molecular formula is C17H25ClIN3O2. The third kappa shape index (κ3) is 5.24. The molecule has 0 amide bonds. The number of aliphatic imine (C=N–C) groups is 1. The van der Waals surface area contributed by atoms with E-state index in [-0.39, 0.29) is 41.8 Å². The van der Waals surface area contributed by atoms with Crippen LogP contribution in [0, 0.1) is 11.8 Å². The normalized spacial score (nSPS) is 20.5. The Bertz CT molecular complexity index is 583. The highest BCUT2D eigenvalue weighted by molar-refractivity contribution is 14.0. The zero-order valence-electron chi connectivity index (χ0n) is 14.3. The lowest BCUT2D eigenvalue weighted by Gasteiger charge is -2.21. The number of nitrogens with one attached hydrogen (secondary N) is 1. The SMILES string of the molecule is CN=C(NCCc1ccccc1Cl)N1CC(C)C(C(=O)OC)C1.I. The standard InChI is InChI=1S/C17H24ClN3O2.HI/c1-12-10-21(11-14(12)16(22)23-3)17(19-2)20-9-8-13-6-4-5-7-15(13)18;/h4-7,12,14H,8-11H2,1-3H3,(H,19,20);1H. The lowest BCUT2D eigenvalue weighted by Crippen LogP contribution is -2.41. The van der Waals surface area contributed by atoms with Crippen LogP contribution in [0.25, 0.3) is 0 Å². The molecule has 1 aliphatic heterocycles. The Morgan fingerprint density at radius 2 is 2.12 bits per heavy atom. The van der Waals surface area contributed by atoms with Gasteiger partial charge in [0.05, 0.1) is 13.0 Å². The minimum Gasteiger partial charge on any atom is -0.469 e. The highest BCUT2D eigenvalue weighted by Gasteiger charge is 2.36. The summed E-state index contributed by atoms with van der Waals surface area (Å²) in [5, 5.41) is 4.13. The van der Waals surface area contributed by atoms with Gasteiger partial charge in [-0.2, -0.15) is 0 Å². The van der Waals surface area contributed by atoms with Crippen molar-refractivity contribution in [2.45, 2.75) is 13.3 Å². The molecule has 1 aliphatic rings.